The van der Waals surface area contributed by atoms with Crippen LogP contribution in [0.5, 0.6) is 0 Å². The first-order valence-corrected chi connectivity index (χ1v) is 6.86. The van der Waals surface area contributed by atoms with Crippen molar-refractivity contribution in [3.63, 3.8) is 0 Å². The highest BCUT2D eigenvalue weighted by molar-refractivity contribution is 6.33. The number of halogens is 4. The molecular formula is C14H16Cl2F2N4O. The molecule has 0 atom stereocenters. The number of aromatic nitrogens is 2. The normalized spacial score (nSPS) is 11.0. The second kappa shape index (κ2) is 7.72. The minimum Gasteiger partial charge on any atom is -0.346 e. The van der Waals surface area contributed by atoms with Gasteiger partial charge < -0.3 is 11.1 Å². The van der Waals surface area contributed by atoms with Crippen LogP contribution in [0.4, 0.5) is 8.78 Å². The van der Waals surface area contributed by atoms with Gasteiger partial charge in [0.25, 0.3) is 11.8 Å². The molecular weight excluding hydrogens is 349 g/mol. The minimum absolute atomic E-state index is 0. The smallest absolute Gasteiger partial charge is 0.277 e. The van der Waals surface area contributed by atoms with Crippen LogP contribution in [0.1, 0.15) is 10.4 Å². The number of rotatable bonds is 5. The molecule has 9 heteroatoms. The predicted molar refractivity (Wildman–Crippen MR) is 87.2 cm³/mol. The zero-order valence-corrected chi connectivity index (χ0v) is 13.8. The molecule has 0 bridgehead atoms. The van der Waals surface area contributed by atoms with Crippen LogP contribution in [0, 0.1) is 0 Å². The second-order valence-corrected chi connectivity index (χ2v) is 5.19. The minimum atomic E-state index is -3.15. The summed E-state index contributed by atoms with van der Waals surface area (Å²) in [6, 6.07) is 6.86. The van der Waals surface area contributed by atoms with E-state index in [1.54, 1.807) is 31.3 Å². The summed E-state index contributed by atoms with van der Waals surface area (Å²) in [6.45, 7) is -1.67. The molecule has 0 aliphatic rings. The zero-order chi connectivity index (χ0) is 16.3. The Morgan fingerprint density at radius 2 is 2.09 bits per heavy atom. The molecule has 126 valence electrons. The van der Waals surface area contributed by atoms with Gasteiger partial charge in [-0.2, -0.15) is 5.10 Å². The Bertz CT molecular complexity index is 691. The van der Waals surface area contributed by atoms with Crippen LogP contribution in [0.25, 0.3) is 11.3 Å². The topological polar surface area (TPSA) is 72.9 Å². The molecule has 0 fully saturated rings. The molecule has 0 saturated carbocycles. The molecule has 2 rings (SSSR count). The molecule has 1 amide bonds. The van der Waals surface area contributed by atoms with Crippen molar-refractivity contribution in [1.82, 2.24) is 15.1 Å². The third-order valence-electron chi connectivity index (χ3n) is 3.01. The van der Waals surface area contributed by atoms with Crippen molar-refractivity contribution in [3.05, 3.63) is 41.0 Å². The first-order chi connectivity index (χ1) is 10.3. The molecule has 1 aromatic carbocycles. The number of aryl methyl sites for hydroxylation is 1. The van der Waals surface area contributed by atoms with E-state index in [2.05, 4.69) is 10.4 Å². The molecule has 0 spiro atoms. The summed E-state index contributed by atoms with van der Waals surface area (Å²) in [6.07, 6.45) is 1.45. The van der Waals surface area contributed by atoms with Crippen LogP contribution < -0.4 is 11.1 Å². The highest BCUT2D eigenvalue weighted by Gasteiger charge is 2.28. The molecule has 23 heavy (non-hydrogen) atoms. The van der Waals surface area contributed by atoms with Crippen molar-refractivity contribution in [2.75, 3.05) is 13.1 Å². The van der Waals surface area contributed by atoms with Gasteiger partial charge in [0.2, 0.25) is 0 Å². The van der Waals surface area contributed by atoms with E-state index in [9.17, 15) is 13.6 Å². The summed E-state index contributed by atoms with van der Waals surface area (Å²) in [5, 5.41) is 6.77. The summed E-state index contributed by atoms with van der Waals surface area (Å²) in [5.74, 6) is -3.81. The van der Waals surface area contributed by atoms with Crippen molar-refractivity contribution >= 4 is 29.9 Å². The van der Waals surface area contributed by atoms with Crippen LogP contribution in [0.15, 0.2) is 30.5 Å². The number of nitrogens with zero attached hydrogens (tertiary/aromatic N) is 2. The van der Waals surface area contributed by atoms with E-state index < -0.39 is 24.9 Å². The molecule has 5 nitrogen and oxygen atoms in total. The Balaban J connectivity index is 0.00000264. The first-order valence-electron chi connectivity index (χ1n) is 6.49. The Morgan fingerprint density at radius 3 is 2.70 bits per heavy atom. The van der Waals surface area contributed by atoms with E-state index in [4.69, 9.17) is 17.3 Å². The van der Waals surface area contributed by atoms with Crippen molar-refractivity contribution in [2.24, 2.45) is 12.8 Å². The third-order valence-corrected chi connectivity index (χ3v) is 3.34. The van der Waals surface area contributed by atoms with Gasteiger partial charge in [0.1, 0.15) is 5.69 Å². The summed E-state index contributed by atoms with van der Waals surface area (Å²) in [7, 11) is 1.63. The van der Waals surface area contributed by atoms with Gasteiger partial charge in [-0.05, 0) is 6.07 Å². The maximum absolute atomic E-state index is 13.1. The molecule has 1 heterocycles. The fraction of sp³-hybridized carbons (Fsp3) is 0.286. The number of benzene rings is 1. The molecule has 2 aromatic rings. The average molecular weight is 365 g/mol. The SMILES string of the molecule is Cl.Cn1cc(C(=O)NCC(F)(F)CN)c(-c2ccccc2Cl)n1. The van der Waals surface area contributed by atoms with Gasteiger partial charge in [-0.3, -0.25) is 9.48 Å². The van der Waals surface area contributed by atoms with E-state index in [0.717, 1.165) is 0 Å². The van der Waals surface area contributed by atoms with Crippen LogP contribution in [0.3, 0.4) is 0 Å². The lowest BCUT2D eigenvalue weighted by Crippen LogP contribution is -2.41. The van der Waals surface area contributed by atoms with E-state index in [1.165, 1.54) is 10.9 Å². The summed E-state index contributed by atoms with van der Waals surface area (Å²) in [5.41, 5.74) is 6.00. The number of nitrogens with one attached hydrogen (secondary N) is 1. The molecule has 0 unspecified atom stereocenters. The van der Waals surface area contributed by atoms with E-state index in [0.29, 0.717) is 16.3 Å². The van der Waals surface area contributed by atoms with Crippen molar-refractivity contribution in [1.29, 1.82) is 0 Å². The van der Waals surface area contributed by atoms with Crippen molar-refractivity contribution < 1.29 is 13.6 Å². The summed E-state index contributed by atoms with van der Waals surface area (Å²) in [4.78, 5) is 12.1. The first kappa shape index (κ1) is 19.3. The maximum Gasteiger partial charge on any atom is 0.277 e. The van der Waals surface area contributed by atoms with Crippen LogP contribution in [0.2, 0.25) is 5.02 Å². The quantitative estimate of drug-likeness (QED) is 0.855. The second-order valence-electron chi connectivity index (χ2n) is 4.79. The van der Waals surface area contributed by atoms with Crippen LogP contribution in [-0.2, 0) is 7.05 Å². The Kier molecular flexibility index (Phi) is 6.49. The van der Waals surface area contributed by atoms with Gasteiger partial charge in [-0.25, -0.2) is 8.78 Å². The molecule has 0 aliphatic carbocycles. The van der Waals surface area contributed by atoms with E-state index >= 15 is 0 Å². The van der Waals surface area contributed by atoms with Gasteiger partial charge >= 0.3 is 0 Å². The molecule has 3 N–H and O–H groups in total. The van der Waals surface area contributed by atoms with E-state index in [-0.39, 0.29) is 18.0 Å². The van der Waals surface area contributed by atoms with Crippen LogP contribution >= 0.6 is 24.0 Å². The molecule has 0 radical (unpaired) electrons. The standard InChI is InChI=1S/C14H15ClF2N4O.ClH/c1-21-6-10(13(22)19-8-14(16,17)7-18)12(20-21)9-4-2-3-5-11(9)15;/h2-6H,7-8,18H2,1H3,(H,19,22);1H. The lowest BCUT2D eigenvalue weighted by Gasteiger charge is -2.14. The maximum atomic E-state index is 13.1. The van der Waals surface area contributed by atoms with Gasteiger partial charge in [0, 0.05) is 18.8 Å². The lowest BCUT2D eigenvalue weighted by molar-refractivity contribution is 0.0119. The number of alkyl halides is 2. The Hall–Kier alpha value is -1.70. The zero-order valence-electron chi connectivity index (χ0n) is 12.2. The van der Waals surface area contributed by atoms with Gasteiger partial charge in [0.05, 0.1) is 23.7 Å². The Labute approximate surface area is 143 Å². The number of amides is 1. The average Bonchev–Trinajstić information content (AvgIpc) is 2.87. The monoisotopic (exact) mass is 364 g/mol. The number of hydrogen-bond donors (Lipinski definition) is 2. The predicted octanol–water partition coefficient (Wildman–Crippen LogP) is 2.49. The highest BCUT2D eigenvalue weighted by atomic mass is 35.5. The van der Waals surface area contributed by atoms with Gasteiger partial charge in [0.15, 0.2) is 0 Å². The van der Waals surface area contributed by atoms with Gasteiger partial charge in [-0.15, -0.1) is 12.4 Å². The summed E-state index contributed by atoms with van der Waals surface area (Å²) < 4.78 is 27.7. The van der Waals surface area contributed by atoms with Gasteiger partial charge in [-0.1, -0.05) is 29.8 Å². The molecule has 1 aromatic heterocycles. The van der Waals surface area contributed by atoms with E-state index in [1.807, 2.05) is 0 Å². The molecule has 0 saturated heterocycles. The highest BCUT2D eigenvalue weighted by Crippen LogP contribution is 2.29. The summed E-state index contributed by atoms with van der Waals surface area (Å²) >= 11 is 6.10. The van der Waals surface area contributed by atoms with Crippen LogP contribution in [-0.4, -0.2) is 34.7 Å². The fourth-order valence-corrected chi connectivity index (χ4v) is 2.11. The number of carbonyl (C=O) groups is 1. The van der Waals surface area contributed by atoms with Crippen molar-refractivity contribution in [3.8, 4) is 11.3 Å². The number of nitrogens with two attached hydrogens (primary N) is 1. The Morgan fingerprint density at radius 1 is 1.43 bits per heavy atom. The lowest BCUT2D eigenvalue weighted by atomic mass is 10.1. The van der Waals surface area contributed by atoms with Crippen molar-refractivity contribution in [2.45, 2.75) is 5.92 Å². The fourth-order valence-electron chi connectivity index (χ4n) is 1.88. The largest absolute Gasteiger partial charge is 0.346 e. The molecule has 0 aliphatic heterocycles. The third kappa shape index (κ3) is 4.63. The number of hydrogen-bond acceptors (Lipinski definition) is 3. The number of carbonyl (C=O) groups excluding carboxylic acids is 1.